The summed E-state index contributed by atoms with van der Waals surface area (Å²) < 4.78 is 0. The Morgan fingerprint density at radius 1 is 1.60 bits per heavy atom. The minimum absolute atomic E-state index is 0.354. The fourth-order valence-corrected chi connectivity index (χ4v) is 0.793. The smallest absolute Gasteiger partial charge is 0.168 e. The van der Waals surface area contributed by atoms with Crippen LogP contribution in [0.4, 0.5) is 0 Å². The molecule has 0 amide bonds. The van der Waals surface area contributed by atoms with E-state index in [1.54, 1.807) is 12.1 Å². The van der Waals surface area contributed by atoms with Crippen molar-refractivity contribution in [1.29, 1.82) is 0 Å². The highest BCUT2D eigenvalue weighted by Gasteiger charge is 1.97. The van der Waals surface area contributed by atoms with E-state index in [-0.39, 0.29) is 0 Å². The highest BCUT2D eigenvalue weighted by atomic mass is 35.5. The predicted molar refractivity (Wildman–Crippen MR) is 39.4 cm³/mol. The molecule has 0 saturated heterocycles. The number of aldehydes is 1. The number of hydrogen-bond acceptors (Lipinski definition) is 2. The Bertz CT molecular complexity index is 260. The first-order valence-corrected chi connectivity index (χ1v) is 3.20. The molecule has 0 aliphatic rings. The molecular weight excluding hydrogens is 150 g/mol. The van der Waals surface area contributed by atoms with Crippen LogP contribution in [0.15, 0.2) is 12.1 Å². The largest absolute Gasteiger partial charge is 0.296 e. The van der Waals surface area contributed by atoms with Gasteiger partial charge in [0.2, 0.25) is 0 Å². The van der Waals surface area contributed by atoms with Crippen LogP contribution in [-0.2, 0) is 0 Å². The number of halogens is 1. The average Bonchev–Trinajstić information content (AvgIpc) is 1.94. The Hall–Kier alpha value is -0.890. The number of aromatic nitrogens is 1. The van der Waals surface area contributed by atoms with Gasteiger partial charge in [0.05, 0.1) is 0 Å². The fraction of sp³-hybridized carbons (Fsp3) is 0.143. The Balaban J connectivity index is 3.21. The minimum Gasteiger partial charge on any atom is -0.296 e. The van der Waals surface area contributed by atoms with Crippen molar-refractivity contribution in [3.63, 3.8) is 0 Å². The van der Waals surface area contributed by atoms with Gasteiger partial charge in [0.1, 0.15) is 10.8 Å². The van der Waals surface area contributed by atoms with Gasteiger partial charge in [-0.2, -0.15) is 0 Å². The van der Waals surface area contributed by atoms with Crippen LogP contribution in [0.1, 0.15) is 16.1 Å². The molecule has 0 aliphatic carbocycles. The highest BCUT2D eigenvalue weighted by molar-refractivity contribution is 6.29. The Morgan fingerprint density at radius 2 is 2.30 bits per heavy atom. The number of nitrogens with zero attached hydrogens (tertiary/aromatic N) is 1. The molecule has 0 radical (unpaired) electrons. The third-order valence-electron chi connectivity index (χ3n) is 1.21. The lowest BCUT2D eigenvalue weighted by atomic mass is 10.2. The number of hydrogen-bond donors (Lipinski definition) is 0. The molecule has 1 aromatic heterocycles. The van der Waals surface area contributed by atoms with Gasteiger partial charge < -0.3 is 0 Å². The van der Waals surface area contributed by atoms with Gasteiger partial charge in [-0.05, 0) is 18.6 Å². The lowest BCUT2D eigenvalue weighted by Crippen LogP contribution is -1.90. The molecule has 0 saturated carbocycles. The summed E-state index contributed by atoms with van der Waals surface area (Å²) in [4.78, 5) is 14.0. The Kier molecular flexibility index (Phi) is 2.02. The summed E-state index contributed by atoms with van der Waals surface area (Å²) in [6, 6.07) is 3.42. The van der Waals surface area contributed by atoms with Crippen molar-refractivity contribution in [1.82, 2.24) is 4.98 Å². The summed E-state index contributed by atoms with van der Waals surface area (Å²) in [5.74, 6) is 0. The number of carbonyl (C=O) groups excluding carboxylic acids is 1. The summed E-state index contributed by atoms with van der Waals surface area (Å²) in [5.41, 5.74) is 1.26. The maximum atomic E-state index is 10.3. The van der Waals surface area contributed by atoms with E-state index >= 15 is 0 Å². The van der Waals surface area contributed by atoms with Gasteiger partial charge in [-0.15, -0.1) is 0 Å². The maximum absolute atomic E-state index is 10.3. The molecule has 2 nitrogen and oxygen atoms in total. The first-order chi connectivity index (χ1) is 4.74. The van der Waals surface area contributed by atoms with E-state index in [1.807, 2.05) is 6.92 Å². The van der Waals surface area contributed by atoms with Crippen molar-refractivity contribution in [3.8, 4) is 0 Å². The quantitative estimate of drug-likeness (QED) is 0.458. The molecule has 0 fully saturated rings. The molecule has 0 bridgehead atoms. The molecule has 1 aromatic rings. The van der Waals surface area contributed by atoms with Gasteiger partial charge >= 0.3 is 0 Å². The van der Waals surface area contributed by atoms with E-state index in [1.165, 1.54) is 0 Å². The third kappa shape index (κ3) is 1.33. The van der Waals surface area contributed by atoms with Crippen LogP contribution >= 0.6 is 11.6 Å². The first kappa shape index (κ1) is 7.22. The third-order valence-corrected chi connectivity index (χ3v) is 1.42. The predicted octanol–water partition coefficient (Wildman–Crippen LogP) is 1.86. The fourth-order valence-electron chi connectivity index (χ4n) is 0.639. The van der Waals surface area contributed by atoms with Crippen molar-refractivity contribution in [3.05, 3.63) is 28.5 Å². The summed E-state index contributed by atoms with van der Waals surface area (Å²) in [6.07, 6.45) is 0.696. The number of carbonyl (C=O) groups is 1. The standard InChI is InChI=1S/C7H6ClNO/c1-5-2-3-7(8)9-6(5)4-10/h2-4H,1H3. The molecule has 0 atom stereocenters. The topological polar surface area (TPSA) is 30.0 Å². The molecule has 0 N–H and O–H groups in total. The van der Waals surface area contributed by atoms with E-state index in [9.17, 15) is 4.79 Å². The van der Waals surface area contributed by atoms with E-state index in [4.69, 9.17) is 11.6 Å². The Labute approximate surface area is 63.8 Å². The Morgan fingerprint density at radius 3 is 2.80 bits per heavy atom. The summed E-state index contributed by atoms with van der Waals surface area (Å²) >= 11 is 5.53. The normalized spacial score (nSPS) is 9.40. The molecule has 52 valence electrons. The van der Waals surface area contributed by atoms with Crippen molar-refractivity contribution < 1.29 is 4.79 Å². The van der Waals surface area contributed by atoms with Crippen LogP contribution in [0.5, 0.6) is 0 Å². The van der Waals surface area contributed by atoms with Crippen LogP contribution in [0, 0.1) is 6.92 Å². The van der Waals surface area contributed by atoms with Gasteiger partial charge in [0, 0.05) is 0 Å². The van der Waals surface area contributed by atoms with Crippen LogP contribution in [0.3, 0.4) is 0 Å². The summed E-state index contributed by atoms with van der Waals surface area (Å²) in [6.45, 7) is 1.81. The van der Waals surface area contributed by atoms with Gasteiger partial charge in [-0.25, -0.2) is 4.98 Å². The molecule has 0 unspecified atom stereocenters. The zero-order valence-electron chi connectivity index (χ0n) is 5.47. The number of aryl methyl sites for hydroxylation is 1. The maximum Gasteiger partial charge on any atom is 0.168 e. The lowest BCUT2D eigenvalue weighted by molar-refractivity contribution is 0.111. The van der Waals surface area contributed by atoms with E-state index in [0.717, 1.165) is 5.56 Å². The first-order valence-electron chi connectivity index (χ1n) is 2.82. The van der Waals surface area contributed by atoms with E-state index < -0.39 is 0 Å². The van der Waals surface area contributed by atoms with Crippen LogP contribution < -0.4 is 0 Å². The van der Waals surface area contributed by atoms with Crippen LogP contribution in [-0.4, -0.2) is 11.3 Å². The zero-order chi connectivity index (χ0) is 7.56. The average molecular weight is 156 g/mol. The second-order valence-electron chi connectivity index (χ2n) is 1.95. The van der Waals surface area contributed by atoms with Crippen molar-refractivity contribution >= 4 is 17.9 Å². The van der Waals surface area contributed by atoms with Crippen molar-refractivity contribution in [2.75, 3.05) is 0 Å². The molecule has 0 aromatic carbocycles. The number of rotatable bonds is 1. The minimum atomic E-state index is 0.354. The molecule has 0 spiro atoms. The van der Waals surface area contributed by atoms with Crippen molar-refractivity contribution in [2.45, 2.75) is 6.92 Å². The van der Waals surface area contributed by atoms with Crippen molar-refractivity contribution in [2.24, 2.45) is 0 Å². The van der Waals surface area contributed by atoms with Gasteiger partial charge in [-0.3, -0.25) is 4.79 Å². The molecule has 0 aliphatic heterocycles. The molecule has 3 heteroatoms. The molecule has 1 heterocycles. The van der Waals surface area contributed by atoms with Crippen LogP contribution in [0.2, 0.25) is 5.15 Å². The monoisotopic (exact) mass is 155 g/mol. The SMILES string of the molecule is Cc1ccc(Cl)nc1C=O. The zero-order valence-corrected chi connectivity index (χ0v) is 6.22. The van der Waals surface area contributed by atoms with Gasteiger partial charge in [-0.1, -0.05) is 17.7 Å². The van der Waals surface area contributed by atoms with Gasteiger partial charge in [0.25, 0.3) is 0 Å². The molecule has 10 heavy (non-hydrogen) atoms. The molecular formula is C7H6ClNO. The lowest BCUT2D eigenvalue weighted by Gasteiger charge is -1.94. The van der Waals surface area contributed by atoms with Gasteiger partial charge in [0.15, 0.2) is 6.29 Å². The second kappa shape index (κ2) is 2.80. The second-order valence-corrected chi connectivity index (χ2v) is 2.34. The summed E-state index contributed by atoms with van der Waals surface area (Å²) in [7, 11) is 0. The number of pyridine rings is 1. The molecule has 1 rings (SSSR count). The van der Waals surface area contributed by atoms with Crippen LogP contribution in [0.25, 0.3) is 0 Å². The summed E-state index contributed by atoms with van der Waals surface area (Å²) in [5, 5.41) is 0.354. The van der Waals surface area contributed by atoms with E-state index in [2.05, 4.69) is 4.98 Å². The van der Waals surface area contributed by atoms with E-state index in [0.29, 0.717) is 17.1 Å². The highest BCUT2D eigenvalue weighted by Crippen LogP contribution is 2.07.